The Balaban J connectivity index is 1.99. The summed E-state index contributed by atoms with van der Waals surface area (Å²) in [7, 11) is 0. The molecule has 2 aromatic rings. The Hall–Kier alpha value is -2.87. The first kappa shape index (κ1) is 15.5. The number of diazo groups is 1. The van der Waals surface area contributed by atoms with Crippen molar-refractivity contribution in [3.8, 4) is 0 Å². The largest absolute Gasteiger partial charge is 0.385 e. The van der Waals surface area contributed by atoms with E-state index in [1.165, 1.54) is 0 Å². The minimum Gasteiger partial charge on any atom is -0.356 e. The van der Waals surface area contributed by atoms with Gasteiger partial charge in [0, 0.05) is 35.1 Å². The second-order valence-corrected chi connectivity index (χ2v) is 5.15. The number of anilines is 3. The predicted molar refractivity (Wildman–Crippen MR) is 89.0 cm³/mol. The first-order valence-electron chi connectivity index (χ1n) is 7.25. The third-order valence-electron chi connectivity index (χ3n) is 3.48. The second kappa shape index (κ2) is 7.23. The van der Waals surface area contributed by atoms with Crippen LogP contribution in [0.25, 0.3) is 4.98 Å². The van der Waals surface area contributed by atoms with Gasteiger partial charge in [0.15, 0.2) is 4.98 Å². The van der Waals surface area contributed by atoms with Crippen LogP contribution < -0.4 is 10.6 Å². The SMILES string of the molecule is CCC(C)C(=O)Nc1ccc(Nc2ccc([N+]#N)cc2)cc1. The van der Waals surface area contributed by atoms with Crippen molar-refractivity contribution in [1.82, 2.24) is 0 Å². The first-order valence-corrected chi connectivity index (χ1v) is 7.25. The Labute approximate surface area is 130 Å². The van der Waals surface area contributed by atoms with Crippen molar-refractivity contribution >= 4 is 28.7 Å². The average Bonchev–Trinajstić information content (AvgIpc) is 2.56. The number of carbonyl (C=O) groups excluding carboxylic acids is 1. The van der Waals surface area contributed by atoms with Gasteiger partial charge < -0.3 is 10.6 Å². The highest BCUT2D eigenvalue weighted by molar-refractivity contribution is 5.92. The molecule has 1 atom stereocenters. The van der Waals surface area contributed by atoms with Gasteiger partial charge >= 0.3 is 5.69 Å². The second-order valence-electron chi connectivity index (χ2n) is 5.15. The average molecular weight is 295 g/mol. The van der Waals surface area contributed by atoms with Crippen LogP contribution in [0.2, 0.25) is 0 Å². The smallest absolute Gasteiger partial charge is 0.356 e. The number of hydrogen-bond donors (Lipinski definition) is 2. The zero-order valence-corrected chi connectivity index (χ0v) is 12.7. The summed E-state index contributed by atoms with van der Waals surface area (Å²) in [5, 5.41) is 14.8. The van der Waals surface area contributed by atoms with Crippen LogP contribution in [0.1, 0.15) is 20.3 Å². The highest BCUT2D eigenvalue weighted by Crippen LogP contribution is 2.21. The summed E-state index contributed by atoms with van der Waals surface area (Å²) < 4.78 is 0. The predicted octanol–water partition coefficient (Wildman–Crippen LogP) is 4.90. The fraction of sp³-hybridized carbons (Fsp3) is 0.235. The van der Waals surface area contributed by atoms with Crippen molar-refractivity contribution < 1.29 is 4.79 Å². The van der Waals surface area contributed by atoms with Gasteiger partial charge in [-0.05, 0) is 42.8 Å². The molecule has 0 heterocycles. The van der Waals surface area contributed by atoms with Gasteiger partial charge in [-0.2, -0.15) is 0 Å². The zero-order chi connectivity index (χ0) is 15.9. The normalized spacial score (nSPS) is 11.3. The van der Waals surface area contributed by atoms with E-state index in [1.807, 2.05) is 50.2 Å². The Kier molecular flexibility index (Phi) is 5.10. The van der Waals surface area contributed by atoms with Crippen molar-refractivity contribution in [3.63, 3.8) is 0 Å². The van der Waals surface area contributed by atoms with Gasteiger partial charge in [0.25, 0.3) is 0 Å². The molecule has 0 fully saturated rings. The van der Waals surface area contributed by atoms with Crippen LogP contribution in [0.3, 0.4) is 0 Å². The van der Waals surface area contributed by atoms with Gasteiger partial charge in [-0.3, -0.25) is 4.79 Å². The van der Waals surface area contributed by atoms with Crippen LogP contribution >= 0.6 is 0 Å². The number of amides is 1. The maximum atomic E-state index is 11.8. The van der Waals surface area contributed by atoms with Crippen molar-refractivity contribution in [1.29, 1.82) is 5.39 Å². The highest BCUT2D eigenvalue weighted by atomic mass is 16.1. The highest BCUT2D eigenvalue weighted by Gasteiger charge is 2.10. The van der Waals surface area contributed by atoms with Crippen molar-refractivity contribution in [3.05, 3.63) is 53.5 Å². The molecule has 112 valence electrons. The van der Waals surface area contributed by atoms with Crippen LogP contribution in [0, 0.1) is 11.3 Å². The summed E-state index contributed by atoms with van der Waals surface area (Å²) in [6, 6.07) is 14.6. The van der Waals surface area contributed by atoms with E-state index < -0.39 is 0 Å². The van der Waals surface area contributed by atoms with Crippen LogP contribution in [-0.2, 0) is 4.79 Å². The Morgan fingerprint density at radius 2 is 1.55 bits per heavy atom. The Bertz CT molecular complexity index is 671. The zero-order valence-electron chi connectivity index (χ0n) is 12.7. The summed E-state index contributed by atoms with van der Waals surface area (Å²) >= 11 is 0. The third-order valence-corrected chi connectivity index (χ3v) is 3.48. The molecule has 2 N–H and O–H groups in total. The van der Waals surface area contributed by atoms with E-state index in [0.717, 1.165) is 23.5 Å². The van der Waals surface area contributed by atoms with Crippen LogP contribution in [0.4, 0.5) is 22.7 Å². The fourth-order valence-electron chi connectivity index (χ4n) is 1.87. The molecule has 0 saturated heterocycles. The number of benzene rings is 2. The summed E-state index contributed by atoms with van der Waals surface area (Å²) in [4.78, 5) is 14.9. The lowest BCUT2D eigenvalue weighted by atomic mass is 10.1. The number of nitrogens with one attached hydrogen (secondary N) is 2. The van der Waals surface area contributed by atoms with Crippen molar-refractivity contribution in [2.24, 2.45) is 5.92 Å². The first-order chi connectivity index (χ1) is 10.6. The number of carbonyl (C=O) groups is 1. The van der Waals surface area contributed by atoms with Gasteiger partial charge in [-0.1, -0.05) is 13.8 Å². The topological polar surface area (TPSA) is 69.3 Å². The van der Waals surface area contributed by atoms with E-state index in [9.17, 15) is 4.79 Å². The van der Waals surface area contributed by atoms with E-state index >= 15 is 0 Å². The molecule has 1 amide bonds. The lowest BCUT2D eigenvalue weighted by Crippen LogP contribution is -2.19. The maximum absolute atomic E-state index is 11.8. The lowest BCUT2D eigenvalue weighted by Gasteiger charge is -2.11. The molecule has 0 aromatic heterocycles. The summed E-state index contributed by atoms with van der Waals surface area (Å²) in [5.74, 6) is 0.0415. The monoisotopic (exact) mass is 295 g/mol. The lowest BCUT2D eigenvalue weighted by molar-refractivity contribution is -0.119. The molecule has 22 heavy (non-hydrogen) atoms. The molecule has 0 saturated carbocycles. The van der Waals surface area contributed by atoms with E-state index in [2.05, 4.69) is 15.6 Å². The minimum atomic E-state index is 0.00764. The van der Waals surface area contributed by atoms with Gasteiger partial charge in [0.05, 0.1) is 0 Å². The van der Waals surface area contributed by atoms with Crippen LogP contribution in [-0.4, -0.2) is 5.91 Å². The van der Waals surface area contributed by atoms with Gasteiger partial charge in [0.1, 0.15) is 0 Å². The van der Waals surface area contributed by atoms with E-state index in [0.29, 0.717) is 5.69 Å². The molecule has 0 aliphatic heterocycles. The van der Waals surface area contributed by atoms with Gasteiger partial charge in [-0.15, -0.1) is 0 Å². The maximum Gasteiger partial charge on any atom is 0.385 e. The fourth-order valence-corrected chi connectivity index (χ4v) is 1.87. The summed E-state index contributed by atoms with van der Waals surface area (Å²) in [6.07, 6.45) is 0.821. The molecule has 0 spiro atoms. The van der Waals surface area contributed by atoms with Crippen LogP contribution in [0.5, 0.6) is 0 Å². The molecule has 0 aliphatic carbocycles. The van der Waals surface area contributed by atoms with Crippen molar-refractivity contribution in [2.45, 2.75) is 20.3 Å². The van der Waals surface area contributed by atoms with E-state index in [4.69, 9.17) is 5.39 Å². The number of nitrogens with zero attached hydrogens (tertiary/aromatic N) is 2. The molecule has 0 bridgehead atoms. The number of hydrogen-bond acceptors (Lipinski definition) is 3. The molecular weight excluding hydrogens is 276 g/mol. The van der Waals surface area contributed by atoms with E-state index in [-0.39, 0.29) is 11.8 Å². The van der Waals surface area contributed by atoms with Crippen LogP contribution in [0.15, 0.2) is 48.5 Å². The summed E-state index contributed by atoms with van der Waals surface area (Å²) in [5.41, 5.74) is 3.10. The van der Waals surface area contributed by atoms with E-state index in [1.54, 1.807) is 12.1 Å². The minimum absolute atomic E-state index is 0.00764. The molecule has 2 rings (SSSR count). The summed E-state index contributed by atoms with van der Waals surface area (Å²) in [6.45, 7) is 3.90. The third kappa shape index (κ3) is 4.06. The molecule has 0 radical (unpaired) electrons. The van der Waals surface area contributed by atoms with Gasteiger partial charge in [-0.25, -0.2) is 0 Å². The quantitative estimate of drug-likeness (QED) is 0.771. The molecule has 2 aromatic carbocycles. The van der Waals surface area contributed by atoms with Crippen molar-refractivity contribution in [2.75, 3.05) is 10.6 Å². The Morgan fingerprint density at radius 1 is 1.05 bits per heavy atom. The molecule has 0 aliphatic rings. The standard InChI is InChI=1S/C17H18N4O/c1-3-12(2)17(22)20-15-6-4-13(5-7-15)19-14-8-10-16(21-18)11-9-14/h4-12,18H,3H2,1-2H3/p+1. The molecule has 5 nitrogen and oxygen atoms in total. The molecule has 1 unspecified atom stereocenters. The molecular formula is C17H19N4O+. The molecule has 5 heteroatoms. The Morgan fingerprint density at radius 3 is 2.05 bits per heavy atom. The number of rotatable bonds is 5. The van der Waals surface area contributed by atoms with Gasteiger partial charge in [0.2, 0.25) is 11.3 Å².